The van der Waals surface area contributed by atoms with Crippen LogP contribution in [0.15, 0.2) is 11.6 Å². The number of nitrogens with one attached hydrogen (secondary N) is 1. The first-order valence-electron chi connectivity index (χ1n) is 8.36. The molecule has 1 N–H and O–H groups in total. The number of hydrogen-bond donors (Lipinski definition) is 1. The maximum Gasteiger partial charge on any atom is 0.313 e. The van der Waals surface area contributed by atoms with Gasteiger partial charge in [0.15, 0.2) is 0 Å². The van der Waals surface area contributed by atoms with Crippen molar-refractivity contribution in [2.75, 3.05) is 5.75 Å². The van der Waals surface area contributed by atoms with Gasteiger partial charge < -0.3 is 10.1 Å². The average Bonchev–Trinajstić information content (AvgIpc) is 2.76. The summed E-state index contributed by atoms with van der Waals surface area (Å²) in [5.74, 6) is 1.87. The smallest absolute Gasteiger partial charge is 0.313 e. The van der Waals surface area contributed by atoms with Gasteiger partial charge in [-0.05, 0) is 43.8 Å². The van der Waals surface area contributed by atoms with Crippen molar-refractivity contribution in [2.45, 2.75) is 52.2 Å². The largest absolute Gasteiger partial charge is 0.462 e. The monoisotopic (exact) mass is 323 g/mol. The molecule has 0 spiro atoms. The van der Waals surface area contributed by atoms with Gasteiger partial charge in [0.25, 0.3) is 5.24 Å². The molecule has 4 nitrogen and oxygen atoms in total. The second-order valence-electron chi connectivity index (χ2n) is 6.77. The van der Waals surface area contributed by atoms with Crippen molar-refractivity contribution in [3.63, 3.8) is 0 Å². The lowest BCUT2D eigenvalue weighted by Crippen LogP contribution is -2.44. The zero-order valence-electron chi connectivity index (χ0n) is 13.5. The van der Waals surface area contributed by atoms with Crippen molar-refractivity contribution in [1.82, 2.24) is 5.32 Å². The Balaban J connectivity index is 1.75. The SMILES string of the molecule is CCSC(=O)NC1CCC2C[C@@H]3[C@@H](C)OC(=O)[C@@H]3C=C2C1C. The lowest BCUT2D eigenvalue weighted by Gasteiger charge is -2.41. The number of hydrogen-bond acceptors (Lipinski definition) is 4. The van der Waals surface area contributed by atoms with E-state index < -0.39 is 0 Å². The highest BCUT2D eigenvalue weighted by Gasteiger charge is 2.47. The first kappa shape index (κ1) is 15.9. The number of ether oxygens (including phenoxy) is 1. The normalized spacial score (nSPS) is 40.3. The number of fused-ring (bicyclic) bond motifs is 2. The molecule has 0 aromatic heterocycles. The summed E-state index contributed by atoms with van der Waals surface area (Å²) in [6.45, 7) is 6.18. The Morgan fingerprint density at radius 3 is 2.91 bits per heavy atom. The number of rotatable bonds is 2. The van der Waals surface area contributed by atoms with Gasteiger partial charge >= 0.3 is 5.97 Å². The molecule has 6 atom stereocenters. The van der Waals surface area contributed by atoms with E-state index >= 15 is 0 Å². The van der Waals surface area contributed by atoms with Gasteiger partial charge in [0.2, 0.25) is 0 Å². The van der Waals surface area contributed by atoms with E-state index in [1.165, 1.54) is 17.3 Å². The number of carbonyl (C=O) groups excluding carboxylic acids is 2. The molecule has 1 aliphatic heterocycles. The molecule has 1 heterocycles. The van der Waals surface area contributed by atoms with E-state index in [-0.39, 0.29) is 29.3 Å². The molecule has 3 unspecified atom stereocenters. The van der Waals surface area contributed by atoms with Crippen LogP contribution in [0.2, 0.25) is 0 Å². The third kappa shape index (κ3) is 2.80. The molecule has 0 aromatic carbocycles. The summed E-state index contributed by atoms with van der Waals surface area (Å²) in [5.41, 5.74) is 1.37. The van der Waals surface area contributed by atoms with Gasteiger partial charge in [0.05, 0.1) is 5.92 Å². The summed E-state index contributed by atoms with van der Waals surface area (Å²) < 4.78 is 5.42. The summed E-state index contributed by atoms with van der Waals surface area (Å²) >= 11 is 1.33. The molecule has 1 amide bonds. The minimum absolute atomic E-state index is 0.0454. The van der Waals surface area contributed by atoms with E-state index in [4.69, 9.17) is 4.74 Å². The predicted octanol–water partition coefficient (Wildman–Crippen LogP) is 3.37. The topological polar surface area (TPSA) is 55.4 Å². The Hall–Kier alpha value is -0.970. The molecule has 22 heavy (non-hydrogen) atoms. The molecule has 3 aliphatic rings. The van der Waals surface area contributed by atoms with Crippen LogP contribution in [0, 0.1) is 23.7 Å². The van der Waals surface area contributed by atoms with Crippen LogP contribution in [0.3, 0.4) is 0 Å². The number of amides is 1. The standard InChI is InChI=1S/C17H25NO3S/c1-4-22-17(20)18-15-6-5-11-7-13-10(3)21-16(19)14(13)8-12(11)9(15)2/h8-11,13-15H,4-7H2,1-3H3,(H,18,20)/t9?,10-,11?,13-,14-,15?/m1/s1. The number of carbonyl (C=O) groups is 2. The molecule has 122 valence electrons. The van der Waals surface area contributed by atoms with Gasteiger partial charge in [-0.25, -0.2) is 0 Å². The van der Waals surface area contributed by atoms with Crippen LogP contribution >= 0.6 is 11.8 Å². The number of thioether (sulfide) groups is 1. The minimum Gasteiger partial charge on any atom is -0.462 e. The fourth-order valence-electron chi connectivity index (χ4n) is 4.35. The zero-order chi connectivity index (χ0) is 15.9. The van der Waals surface area contributed by atoms with E-state index in [0.29, 0.717) is 17.8 Å². The van der Waals surface area contributed by atoms with Crippen molar-refractivity contribution in [3.8, 4) is 0 Å². The zero-order valence-corrected chi connectivity index (χ0v) is 14.3. The van der Waals surface area contributed by atoms with Crippen LogP contribution in [-0.2, 0) is 9.53 Å². The number of esters is 1. The number of cyclic esters (lactones) is 1. The van der Waals surface area contributed by atoms with E-state index in [2.05, 4.69) is 18.3 Å². The van der Waals surface area contributed by atoms with E-state index in [9.17, 15) is 9.59 Å². The molecule has 0 bridgehead atoms. The second kappa shape index (κ2) is 6.26. The Labute approximate surface area is 136 Å². The molecule has 0 radical (unpaired) electrons. The Morgan fingerprint density at radius 2 is 2.18 bits per heavy atom. The first-order chi connectivity index (χ1) is 10.5. The molecule has 1 saturated heterocycles. The van der Waals surface area contributed by atoms with Crippen molar-refractivity contribution in [1.29, 1.82) is 0 Å². The molecule has 2 aliphatic carbocycles. The molecule has 3 rings (SSSR count). The summed E-state index contributed by atoms with van der Waals surface area (Å²) in [6.07, 6.45) is 5.39. The Morgan fingerprint density at radius 1 is 1.41 bits per heavy atom. The van der Waals surface area contributed by atoms with Gasteiger partial charge in [0, 0.05) is 12.0 Å². The second-order valence-corrected chi connectivity index (χ2v) is 8.01. The van der Waals surface area contributed by atoms with E-state index in [0.717, 1.165) is 25.0 Å². The van der Waals surface area contributed by atoms with Gasteiger partial charge in [-0.15, -0.1) is 0 Å². The quantitative estimate of drug-likeness (QED) is 0.625. The molecular weight excluding hydrogens is 298 g/mol. The highest BCUT2D eigenvalue weighted by Crippen LogP contribution is 2.47. The molecule has 5 heteroatoms. The highest BCUT2D eigenvalue weighted by molar-refractivity contribution is 8.13. The highest BCUT2D eigenvalue weighted by atomic mass is 32.2. The van der Waals surface area contributed by atoms with Crippen molar-refractivity contribution in [3.05, 3.63) is 11.6 Å². The fourth-order valence-corrected chi connectivity index (χ4v) is 4.84. The Kier molecular flexibility index (Phi) is 4.53. The van der Waals surface area contributed by atoms with Crippen LogP contribution < -0.4 is 5.32 Å². The van der Waals surface area contributed by atoms with Crippen molar-refractivity contribution < 1.29 is 14.3 Å². The fraction of sp³-hybridized carbons (Fsp3) is 0.765. The third-order valence-corrected chi connectivity index (χ3v) is 6.24. The summed E-state index contributed by atoms with van der Waals surface area (Å²) in [6, 6.07) is 0.195. The lowest BCUT2D eigenvalue weighted by atomic mass is 9.65. The average molecular weight is 323 g/mol. The summed E-state index contributed by atoms with van der Waals surface area (Å²) in [5, 5.41) is 3.22. The molecule has 2 fully saturated rings. The molecule has 0 aromatic rings. The van der Waals surface area contributed by atoms with Crippen LogP contribution in [-0.4, -0.2) is 29.1 Å². The maximum absolute atomic E-state index is 12.0. The predicted molar refractivity (Wildman–Crippen MR) is 87.6 cm³/mol. The molecular formula is C17H25NO3S. The molecule has 1 saturated carbocycles. The van der Waals surface area contributed by atoms with E-state index in [1.54, 1.807) is 0 Å². The van der Waals surface area contributed by atoms with Crippen molar-refractivity contribution in [2.24, 2.45) is 23.7 Å². The van der Waals surface area contributed by atoms with Gasteiger partial charge in [-0.2, -0.15) is 0 Å². The summed E-state index contributed by atoms with van der Waals surface area (Å²) in [4.78, 5) is 23.9. The van der Waals surface area contributed by atoms with Gasteiger partial charge in [-0.3, -0.25) is 9.59 Å². The first-order valence-corrected chi connectivity index (χ1v) is 9.35. The van der Waals surface area contributed by atoms with Crippen LogP contribution in [0.25, 0.3) is 0 Å². The maximum atomic E-state index is 12.0. The van der Waals surface area contributed by atoms with Crippen LogP contribution in [0.1, 0.15) is 40.0 Å². The van der Waals surface area contributed by atoms with Gasteiger partial charge in [-0.1, -0.05) is 37.3 Å². The van der Waals surface area contributed by atoms with E-state index in [1.807, 2.05) is 13.8 Å². The third-order valence-electron chi connectivity index (χ3n) is 5.57. The lowest BCUT2D eigenvalue weighted by molar-refractivity contribution is -0.142. The van der Waals surface area contributed by atoms with Crippen molar-refractivity contribution >= 4 is 23.0 Å². The minimum atomic E-state index is -0.0665. The van der Waals surface area contributed by atoms with Gasteiger partial charge in [0.1, 0.15) is 6.10 Å². The summed E-state index contributed by atoms with van der Waals surface area (Å²) in [7, 11) is 0. The Bertz CT molecular complexity index is 504. The van der Waals surface area contributed by atoms with Crippen LogP contribution in [0.4, 0.5) is 4.79 Å². The van der Waals surface area contributed by atoms with Crippen LogP contribution in [0.5, 0.6) is 0 Å².